The molecule has 6 heteroatoms. The molecule has 0 aliphatic rings. The van der Waals surface area contributed by atoms with Crippen LogP contribution in [0.15, 0.2) is 30.3 Å². The lowest BCUT2D eigenvalue weighted by Crippen LogP contribution is -3.00. The average Bonchev–Trinajstić information content (AvgIpc) is 2.42. The SMILES string of the molecule is CC(C)(F)CCS(=O)(=O)CCCC[N+](C)(C)Cc1ccccc1.[Cl-]. The van der Waals surface area contributed by atoms with Crippen molar-refractivity contribution < 1.29 is 29.7 Å². The maximum atomic E-state index is 13.4. The van der Waals surface area contributed by atoms with Crippen molar-refractivity contribution in [3.05, 3.63) is 35.9 Å². The van der Waals surface area contributed by atoms with Crippen LogP contribution in [0.3, 0.4) is 0 Å². The monoisotopic (exact) mass is 379 g/mol. The Balaban J connectivity index is 0.00000529. The van der Waals surface area contributed by atoms with Crippen LogP contribution in [0.1, 0.15) is 38.7 Å². The second kappa shape index (κ2) is 9.73. The van der Waals surface area contributed by atoms with E-state index in [9.17, 15) is 12.8 Å². The van der Waals surface area contributed by atoms with Gasteiger partial charge in [0, 0.05) is 5.56 Å². The normalized spacial score (nSPS) is 12.7. The fourth-order valence-electron chi connectivity index (χ4n) is 2.52. The molecule has 0 N–H and O–H groups in total. The van der Waals surface area contributed by atoms with Gasteiger partial charge in [0.25, 0.3) is 0 Å². The van der Waals surface area contributed by atoms with Gasteiger partial charge in [-0.25, -0.2) is 12.8 Å². The van der Waals surface area contributed by atoms with E-state index in [1.807, 2.05) is 18.2 Å². The summed E-state index contributed by atoms with van der Waals surface area (Å²) in [4.78, 5) is 0. The van der Waals surface area contributed by atoms with Crippen LogP contribution in [0.2, 0.25) is 0 Å². The molecule has 1 aromatic rings. The zero-order chi connectivity index (χ0) is 17.6. The Hall–Kier alpha value is -0.650. The molecule has 0 heterocycles. The third kappa shape index (κ3) is 11.0. The number of nitrogens with zero attached hydrogens (tertiary/aromatic N) is 1. The number of benzene rings is 1. The van der Waals surface area contributed by atoms with Crippen molar-refractivity contribution in [1.82, 2.24) is 0 Å². The predicted molar refractivity (Wildman–Crippen MR) is 94.8 cm³/mol. The molecular formula is C18H31ClFNO2S. The maximum absolute atomic E-state index is 13.4. The second-order valence-electron chi connectivity index (χ2n) is 7.63. The summed E-state index contributed by atoms with van der Waals surface area (Å²) in [6.07, 6.45) is 1.58. The molecule has 0 spiro atoms. The molecule has 0 atom stereocenters. The molecule has 0 bridgehead atoms. The molecule has 0 saturated heterocycles. The van der Waals surface area contributed by atoms with Crippen molar-refractivity contribution in [3.63, 3.8) is 0 Å². The van der Waals surface area contributed by atoms with Gasteiger partial charge in [0.15, 0.2) is 0 Å². The van der Waals surface area contributed by atoms with Crippen LogP contribution in [0.25, 0.3) is 0 Å². The molecule has 0 fully saturated rings. The standard InChI is InChI=1S/C18H31FNO2S.ClH/c1-18(2,19)12-15-23(21,22)14-9-8-13-20(3,4)16-17-10-6-5-7-11-17;/h5-7,10-11H,8-9,12-16H2,1-4H3;1H/q+1;/p-1. The predicted octanol–water partition coefficient (Wildman–Crippen LogP) is 0.600. The van der Waals surface area contributed by atoms with Gasteiger partial charge in [0.2, 0.25) is 0 Å². The first-order chi connectivity index (χ1) is 10.5. The molecular weight excluding hydrogens is 349 g/mol. The van der Waals surface area contributed by atoms with Crippen molar-refractivity contribution in [2.45, 2.75) is 45.3 Å². The van der Waals surface area contributed by atoms with Crippen LogP contribution < -0.4 is 12.4 Å². The Morgan fingerprint density at radius 3 is 2.17 bits per heavy atom. The van der Waals surface area contributed by atoms with Gasteiger partial charge in [-0.05, 0) is 33.1 Å². The first-order valence-corrected chi connectivity index (χ1v) is 10.1. The fraction of sp³-hybridized carbons (Fsp3) is 0.667. The first kappa shape index (κ1) is 23.4. The minimum atomic E-state index is -3.14. The Bertz CT molecular complexity index is 568. The molecule has 0 aromatic heterocycles. The summed E-state index contributed by atoms with van der Waals surface area (Å²) in [5, 5.41) is 0. The Morgan fingerprint density at radius 1 is 1.04 bits per heavy atom. The Labute approximate surface area is 153 Å². The van der Waals surface area contributed by atoms with Crippen LogP contribution >= 0.6 is 0 Å². The number of unbranched alkanes of at least 4 members (excludes halogenated alkanes) is 1. The topological polar surface area (TPSA) is 34.1 Å². The van der Waals surface area contributed by atoms with Gasteiger partial charge in [0.1, 0.15) is 22.1 Å². The van der Waals surface area contributed by atoms with Crippen LogP contribution in [-0.4, -0.2) is 50.7 Å². The molecule has 0 saturated carbocycles. The summed E-state index contributed by atoms with van der Waals surface area (Å²) in [5.41, 5.74) is -0.128. The molecule has 0 amide bonds. The number of hydrogen-bond donors (Lipinski definition) is 0. The summed E-state index contributed by atoms with van der Waals surface area (Å²) in [7, 11) is 1.18. The lowest BCUT2D eigenvalue weighted by atomic mass is 10.1. The summed E-state index contributed by atoms with van der Waals surface area (Å²) < 4.78 is 38.1. The number of rotatable bonds is 10. The zero-order valence-electron chi connectivity index (χ0n) is 15.3. The summed E-state index contributed by atoms with van der Waals surface area (Å²) >= 11 is 0. The minimum absolute atomic E-state index is 0. The van der Waals surface area contributed by atoms with E-state index in [1.165, 1.54) is 19.4 Å². The van der Waals surface area contributed by atoms with E-state index in [-0.39, 0.29) is 30.3 Å². The summed E-state index contributed by atoms with van der Waals surface area (Å²) in [5.74, 6) is 0.104. The summed E-state index contributed by atoms with van der Waals surface area (Å²) in [6, 6.07) is 10.3. The Morgan fingerprint density at radius 2 is 1.62 bits per heavy atom. The second-order valence-corrected chi connectivity index (χ2v) is 9.93. The molecule has 0 aliphatic heterocycles. The van der Waals surface area contributed by atoms with Gasteiger partial charge in [-0.2, -0.15) is 0 Å². The highest BCUT2D eigenvalue weighted by Crippen LogP contribution is 2.16. The molecule has 0 aliphatic carbocycles. The van der Waals surface area contributed by atoms with Crippen molar-refractivity contribution >= 4 is 9.84 Å². The van der Waals surface area contributed by atoms with Gasteiger partial charge >= 0.3 is 0 Å². The molecule has 1 rings (SSSR count). The first-order valence-electron chi connectivity index (χ1n) is 8.24. The fourth-order valence-corrected chi connectivity index (χ4v) is 4.16. The van der Waals surface area contributed by atoms with Gasteiger partial charge in [0.05, 0.1) is 32.1 Å². The van der Waals surface area contributed by atoms with Crippen LogP contribution in [0, 0.1) is 0 Å². The van der Waals surface area contributed by atoms with E-state index in [0.717, 1.165) is 24.0 Å². The highest BCUT2D eigenvalue weighted by molar-refractivity contribution is 7.91. The summed E-state index contributed by atoms with van der Waals surface area (Å²) in [6.45, 7) is 4.71. The molecule has 140 valence electrons. The zero-order valence-corrected chi connectivity index (χ0v) is 16.8. The number of sulfone groups is 1. The molecule has 1 aromatic carbocycles. The Kier molecular flexibility index (Phi) is 9.47. The minimum Gasteiger partial charge on any atom is -1.00 e. The number of alkyl halides is 1. The van der Waals surface area contributed by atoms with Crippen molar-refractivity contribution in [2.75, 3.05) is 32.1 Å². The average molecular weight is 380 g/mol. The van der Waals surface area contributed by atoms with Crippen molar-refractivity contribution in [3.8, 4) is 0 Å². The highest BCUT2D eigenvalue weighted by Gasteiger charge is 2.21. The van der Waals surface area contributed by atoms with Gasteiger partial charge in [-0.3, -0.25) is 0 Å². The molecule has 0 radical (unpaired) electrons. The molecule has 24 heavy (non-hydrogen) atoms. The van der Waals surface area contributed by atoms with Crippen LogP contribution in [0.4, 0.5) is 4.39 Å². The number of hydrogen-bond acceptors (Lipinski definition) is 2. The van der Waals surface area contributed by atoms with Gasteiger partial charge in [-0.1, -0.05) is 30.3 Å². The van der Waals surface area contributed by atoms with Crippen molar-refractivity contribution in [1.29, 1.82) is 0 Å². The van der Waals surface area contributed by atoms with E-state index < -0.39 is 15.5 Å². The third-order valence-electron chi connectivity index (χ3n) is 3.93. The van der Waals surface area contributed by atoms with Gasteiger partial charge < -0.3 is 16.9 Å². The maximum Gasteiger partial charge on any atom is 0.150 e. The number of quaternary nitrogens is 1. The van der Waals surface area contributed by atoms with E-state index in [4.69, 9.17) is 0 Å². The molecule has 3 nitrogen and oxygen atoms in total. The third-order valence-corrected chi connectivity index (χ3v) is 5.67. The van der Waals surface area contributed by atoms with Crippen LogP contribution in [-0.2, 0) is 16.4 Å². The lowest BCUT2D eigenvalue weighted by Gasteiger charge is -2.30. The largest absolute Gasteiger partial charge is 1.00 e. The van der Waals surface area contributed by atoms with E-state index in [1.54, 1.807) is 0 Å². The van der Waals surface area contributed by atoms with E-state index in [0.29, 0.717) is 6.42 Å². The highest BCUT2D eigenvalue weighted by atomic mass is 35.5. The smallest absolute Gasteiger partial charge is 0.150 e. The van der Waals surface area contributed by atoms with E-state index in [2.05, 4.69) is 26.2 Å². The number of halogens is 2. The van der Waals surface area contributed by atoms with Crippen molar-refractivity contribution in [2.24, 2.45) is 0 Å². The van der Waals surface area contributed by atoms with Gasteiger partial charge in [-0.15, -0.1) is 0 Å². The van der Waals surface area contributed by atoms with Crippen LogP contribution in [0.5, 0.6) is 0 Å². The quantitative estimate of drug-likeness (QED) is 0.440. The molecule has 0 unspecified atom stereocenters. The van der Waals surface area contributed by atoms with E-state index >= 15 is 0 Å². The lowest BCUT2D eigenvalue weighted by molar-refractivity contribution is -0.903.